The lowest BCUT2D eigenvalue weighted by Crippen LogP contribution is -2.40. The number of likely N-dealkylation sites (tertiary alicyclic amines) is 1. The first-order chi connectivity index (χ1) is 13.6. The van der Waals surface area contributed by atoms with Gasteiger partial charge < -0.3 is 19.5 Å². The topological polar surface area (TPSA) is 67.6 Å². The molecule has 28 heavy (non-hydrogen) atoms. The Kier molecular flexibility index (Phi) is 4.90. The number of fused-ring (bicyclic) bond motifs is 1. The van der Waals surface area contributed by atoms with Gasteiger partial charge in [0, 0.05) is 30.5 Å². The number of carbonyl (C=O) groups excluding carboxylic acids is 1. The Morgan fingerprint density at radius 3 is 2.82 bits per heavy atom. The first kappa shape index (κ1) is 18.3. The fraction of sp³-hybridized carbons (Fsp3) is 0.333. The van der Waals surface area contributed by atoms with Crippen molar-refractivity contribution in [2.24, 2.45) is 0 Å². The number of rotatable bonds is 3. The van der Waals surface area contributed by atoms with Crippen LogP contribution in [-0.2, 0) is 0 Å². The number of carbonyl (C=O) groups is 1. The number of para-hydroxylation sites is 1. The number of aromatic nitrogens is 1. The Hall–Kier alpha value is -3.09. The van der Waals surface area contributed by atoms with Gasteiger partial charge in [-0.25, -0.2) is 9.18 Å². The van der Waals surface area contributed by atoms with Crippen LogP contribution < -0.4 is 10.1 Å². The van der Waals surface area contributed by atoms with Gasteiger partial charge >= 0.3 is 6.03 Å². The maximum Gasteiger partial charge on any atom is 0.321 e. The van der Waals surface area contributed by atoms with E-state index in [0.717, 1.165) is 29.5 Å². The molecule has 1 aliphatic rings. The molecule has 0 spiro atoms. The van der Waals surface area contributed by atoms with E-state index >= 15 is 0 Å². The van der Waals surface area contributed by atoms with Crippen molar-refractivity contribution < 1.29 is 18.4 Å². The maximum atomic E-state index is 13.3. The van der Waals surface area contributed by atoms with Gasteiger partial charge in [0.2, 0.25) is 0 Å². The van der Waals surface area contributed by atoms with Crippen molar-refractivity contribution in [2.45, 2.75) is 25.7 Å². The first-order valence-electron chi connectivity index (χ1n) is 9.31. The first-order valence-corrected chi connectivity index (χ1v) is 9.31. The minimum absolute atomic E-state index is 0.141. The van der Waals surface area contributed by atoms with Crippen molar-refractivity contribution in [2.75, 3.05) is 25.5 Å². The number of benzene rings is 2. The molecule has 1 saturated heterocycles. The molecule has 0 radical (unpaired) electrons. The zero-order chi connectivity index (χ0) is 19.7. The van der Waals surface area contributed by atoms with E-state index < -0.39 is 0 Å². The number of hydrogen-bond acceptors (Lipinski definition) is 4. The number of piperidine rings is 1. The number of urea groups is 1. The highest BCUT2D eigenvalue weighted by molar-refractivity contribution is 5.92. The third-order valence-corrected chi connectivity index (χ3v) is 5.32. The Balaban J connectivity index is 1.43. The summed E-state index contributed by atoms with van der Waals surface area (Å²) in [7, 11) is 1.59. The van der Waals surface area contributed by atoms with Gasteiger partial charge in [-0.05, 0) is 43.5 Å². The molecule has 4 rings (SSSR count). The van der Waals surface area contributed by atoms with Crippen LogP contribution in [0.2, 0.25) is 0 Å². The zero-order valence-electron chi connectivity index (χ0n) is 15.9. The van der Waals surface area contributed by atoms with Crippen LogP contribution >= 0.6 is 0 Å². The SMILES string of the molecule is COc1cccc(C)c1NC(=O)N1CCC(c2noc3cc(F)ccc23)CC1. The van der Waals surface area contributed by atoms with Crippen molar-refractivity contribution in [1.82, 2.24) is 10.1 Å². The summed E-state index contributed by atoms with van der Waals surface area (Å²) in [5, 5.41) is 7.97. The molecule has 1 aliphatic heterocycles. The van der Waals surface area contributed by atoms with Crippen LogP contribution in [0.25, 0.3) is 11.0 Å². The Bertz CT molecular complexity index is 1010. The average molecular weight is 383 g/mol. The van der Waals surface area contributed by atoms with Gasteiger partial charge in [-0.3, -0.25) is 0 Å². The van der Waals surface area contributed by atoms with Crippen molar-refractivity contribution >= 4 is 22.7 Å². The van der Waals surface area contributed by atoms with E-state index in [0.29, 0.717) is 30.1 Å². The van der Waals surface area contributed by atoms with Gasteiger partial charge in [-0.2, -0.15) is 0 Å². The highest BCUT2D eigenvalue weighted by Crippen LogP contribution is 2.33. The summed E-state index contributed by atoms with van der Waals surface area (Å²) < 4.78 is 24.0. The number of halogens is 1. The predicted molar refractivity (Wildman–Crippen MR) is 104 cm³/mol. The Morgan fingerprint density at radius 2 is 2.07 bits per heavy atom. The number of amides is 2. The molecule has 0 atom stereocenters. The Labute approximate surface area is 162 Å². The average Bonchev–Trinajstić information content (AvgIpc) is 3.12. The van der Waals surface area contributed by atoms with Crippen molar-refractivity contribution in [3.05, 3.63) is 53.5 Å². The summed E-state index contributed by atoms with van der Waals surface area (Å²) in [4.78, 5) is 14.5. The summed E-state index contributed by atoms with van der Waals surface area (Å²) in [5.74, 6) is 0.488. The third kappa shape index (κ3) is 3.40. The molecule has 2 amide bonds. The van der Waals surface area contributed by atoms with Gasteiger partial charge in [0.25, 0.3) is 0 Å². The molecule has 0 saturated carbocycles. The Morgan fingerprint density at radius 1 is 1.29 bits per heavy atom. The molecule has 2 aromatic carbocycles. The van der Waals surface area contributed by atoms with E-state index in [-0.39, 0.29) is 17.8 Å². The monoisotopic (exact) mass is 383 g/mol. The van der Waals surface area contributed by atoms with E-state index in [9.17, 15) is 9.18 Å². The molecule has 2 heterocycles. The van der Waals surface area contributed by atoms with Crippen LogP contribution in [0, 0.1) is 12.7 Å². The number of anilines is 1. The summed E-state index contributed by atoms with van der Waals surface area (Å²) in [6.07, 6.45) is 1.55. The van der Waals surface area contributed by atoms with Crippen LogP contribution in [-0.4, -0.2) is 36.3 Å². The molecule has 3 aromatic rings. The molecule has 0 bridgehead atoms. The second-order valence-electron chi connectivity index (χ2n) is 7.05. The summed E-state index contributed by atoms with van der Waals surface area (Å²) >= 11 is 0. The van der Waals surface area contributed by atoms with Crippen molar-refractivity contribution in [3.63, 3.8) is 0 Å². The van der Waals surface area contributed by atoms with Crippen LogP contribution in [0.5, 0.6) is 5.75 Å². The summed E-state index contributed by atoms with van der Waals surface area (Å²) in [5.41, 5.74) is 2.95. The van der Waals surface area contributed by atoms with Gasteiger partial charge in [0.05, 0.1) is 18.5 Å². The summed E-state index contributed by atoms with van der Waals surface area (Å²) in [6.45, 7) is 3.16. The van der Waals surface area contributed by atoms with Crippen LogP contribution in [0.3, 0.4) is 0 Å². The van der Waals surface area contributed by atoms with Gasteiger partial charge in [-0.15, -0.1) is 0 Å². The molecule has 1 fully saturated rings. The van der Waals surface area contributed by atoms with Crippen molar-refractivity contribution in [3.8, 4) is 5.75 Å². The van der Waals surface area contributed by atoms with Gasteiger partial charge in [0.15, 0.2) is 5.58 Å². The lowest BCUT2D eigenvalue weighted by molar-refractivity contribution is 0.193. The molecule has 0 aliphatic carbocycles. The maximum absolute atomic E-state index is 13.3. The van der Waals surface area contributed by atoms with Gasteiger partial charge in [0.1, 0.15) is 11.6 Å². The number of nitrogens with zero attached hydrogens (tertiary/aromatic N) is 2. The van der Waals surface area contributed by atoms with Crippen molar-refractivity contribution in [1.29, 1.82) is 0 Å². The lowest BCUT2D eigenvalue weighted by Gasteiger charge is -2.31. The second-order valence-corrected chi connectivity index (χ2v) is 7.05. The number of nitrogens with one attached hydrogen (secondary N) is 1. The quantitative estimate of drug-likeness (QED) is 0.712. The summed E-state index contributed by atoms with van der Waals surface area (Å²) in [6, 6.07) is 9.99. The molecule has 1 aromatic heterocycles. The molecule has 1 N–H and O–H groups in total. The van der Waals surface area contributed by atoms with Crippen LogP contribution in [0.4, 0.5) is 14.9 Å². The largest absolute Gasteiger partial charge is 0.495 e. The fourth-order valence-corrected chi connectivity index (χ4v) is 3.74. The van der Waals surface area contributed by atoms with E-state index in [1.165, 1.54) is 12.1 Å². The van der Waals surface area contributed by atoms with E-state index in [1.54, 1.807) is 18.1 Å². The third-order valence-electron chi connectivity index (χ3n) is 5.32. The molecule has 6 nitrogen and oxygen atoms in total. The molecular formula is C21H22FN3O3. The minimum Gasteiger partial charge on any atom is -0.495 e. The normalized spacial score (nSPS) is 15.0. The number of hydrogen-bond donors (Lipinski definition) is 1. The second kappa shape index (κ2) is 7.50. The van der Waals surface area contributed by atoms with E-state index in [4.69, 9.17) is 9.26 Å². The van der Waals surface area contributed by atoms with E-state index in [1.807, 2.05) is 25.1 Å². The smallest absolute Gasteiger partial charge is 0.321 e. The molecular weight excluding hydrogens is 361 g/mol. The molecule has 7 heteroatoms. The highest BCUT2D eigenvalue weighted by atomic mass is 19.1. The van der Waals surface area contributed by atoms with E-state index in [2.05, 4.69) is 10.5 Å². The zero-order valence-corrected chi connectivity index (χ0v) is 15.9. The van der Waals surface area contributed by atoms with Crippen LogP contribution in [0.1, 0.15) is 30.0 Å². The molecule has 146 valence electrons. The number of ether oxygens (including phenoxy) is 1. The standard InChI is InChI=1S/C21H22FN3O3/c1-13-4-3-5-17(27-2)19(13)23-21(26)25-10-8-14(9-11-25)20-16-7-6-15(22)12-18(16)28-24-20/h3-7,12,14H,8-11H2,1-2H3,(H,23,26). The predicted octanol–water partition coefficient (Wildman–Crippen LogP) is 4.70. The lowest BCUT2D eigenvalue weighted by atomic mass is 9.92. The molecule has 0 unspecified atom stereocenters. The fourth-order valence-electron chi connectivity index (χ4n) is 3.74. The van der Waals surface area contributed by atoms with Crippen LogP contribution in [0.15, 0.2) is 40.9 Å². The van der Waals surface area contributed by atoms with Gasteiger partial charge in [-0.1, -0.05) is 17.3 Å². The number of methoxy groups -OCH3 is 1. The minimum atomic E-state index is -0.340. The number of aryl methyl sites for hydroxylation is 1. The highest BCUT2D eigenvalue weighted by Gasteiger charge is 2.28.